The molecule has 1 aliphatic rings. The average molecular weight is 228 g/mol. The quantitative estimate of drug-likeness (QED) is 0.625. The molecule has 1 rings (SSSR count). The van der Waals surface area contributed by atoms with Gasteiger partial charge in [-0.1, -0.05) is 20.3 Å². The fraction of sp³-hybridized carbons (Fsp3) is 0.917. The number of nitrogens with one attached hydrogen (secondary N) is 2. The predicted molar refractivity (Wildman–Crippen MR) is 64.1 cm³/mol. The summed E-state index contributed by atoms with van der Waals surface area (Å²) in [5, 5.41) is 15.3. The van der Waals surface area contributed by atoms with E-state index in [9.17, 15) is 4.79 Å². The zero-order valence-corrected chi connectivity index (χ0v) is 10.4. The summed E-state index contributed by atoms with van der Waals surface area (Å²) < 4.78 is 0. The number of aliphatic hydroxyl groups excluding tert-OH is 1. The van der Waals surface area contributed by atoms with E-state index in [1.807, 2.05) is 6.92 Å². The zero-order valence-electron chi connectivity index (χ0n) is 10.4. The first-order valence-electron chi connectivity index (χ1n) is 6.31. The van der Waals surface area contributed by atoms with E-state index in [0.29, 0.717) is 0 Å². The molecule has 3 N–H and O–H groups in total. The van der Waals surface area contributed by atoms with Gasteiger partial charge in [-0.3, -0.25) is 4.79 Å². The highest BCUT2D eigenvalue weighted by atomic mass is 16.3. The Hall–Kier alpha value is -0.610. The molecule has 1 aliphatic heterocycles. The minimum Gasteiger partial charge on any atom is -0.394 e. The zero-order chi connectivity index (χ0) is 12.0. The second kappa shape index (κ2) is 6.21. The highest BCUT2D eigenvalue weighted by Crippen LogP contribution is 2.31. The number of carbonyl (C=O) groups excluding carboxylic acids is 1. The Bertz CT molecular complexity index is 221. The molecule has 1 fully saturated rings. The lowest BCUT2D eigenvalue weighted by Crippen LogP contribution is -2.47. The first-order chi connectivity index (χ1) is 7.68. The molecule has 4 heteroatoms. The Balaban J connectivity index is 2.60. The van der Waals surface area contributed by atoms with Crippen molar-refractivity contribution in [1.82, 2.24) is 10.6 Å². The average Bonchev–Trinajstić information content (AvgIpc) is 2.76. The van der Waals surface area contributed by atoms with Crippen LogP contribution in [-0.2, 0) is 4.79 Å². The smallest absolute Gasteiger partial charge is 0.227 e. The minimum absolute atomic E-state index is 0.0257. The largest absolute Gasteiger partial charge is 0.394 e. The van der Waals surface area contributed by atoms with Gasteiger partial charge in [0.1, 0.15) is 0 Å². The molecule has 94 valence electrons. The van der Waals surface area contributed by atoms with Crippen molar-refractivity contribution in [1.29, 1.82) is 0 Å². The first-order valence-corrected chi connectivity index (χ1v) is 6.31. The Morgan fingerprint density at radius 3 is 2.75 bits per heavy atom. The third-order valence-electron chi connectivity index (χ3n) is 3.50. The SMILES string of the molecule is CCCC1(C(=O)N[C@H](CC)CO)CCNC1. The van der Waals surface area contributed by atoms with E-state index in [1.54, 1.807) is 0 Å². The van der Waals surface area contributed by atoms with Crippen LogP contribution in [0.2, 0.25) is 0 Å². The van der Waals surface area contributed by atoms with Crippen LogP contribution in [0.1, 0.15) is 39.5 Å². The fourth-order valence-electron chi connectivity index (χ4n) is 2.36. The number of amides is 1. The molecule has 1 amide bonds. The van der Waals surface area contributed by atoms with Gasteiger partial charge in [0.05, 0.1) is 18.1 Å². The van der Waals surface area contributed by atoms with Crippen molar-refractivity contribution in [3.63, 3.8) is 0 Å². The van der Waals surface area contributed by atoms with Gasteiger partial charge in [-0.05, 0) is 25.8 Å². The van der Waals surface area contributed by atoms with Crippen LogP contribution in [0.25, 0.3) is 0 Å². The lowest BCUT2D eigenvalue weighted by Gasteiger charge is -2.28. The van der Waals surface area contributed by atoms with Gasteiger partial charge in [0.25, 0.3) is 0 Å². The number of hydrogen-bond donors (Lipinski definition) is 3. The van der Waals surface area contributed by atoms with Crippen molar-refractivity contribution >= 4 is 5.91 Å². The van der Waals surface area contributed by atoms with Crippen molar-refractivity contribution in [2.24, 2.45) is 5.41 Å². The van der Waals surface area contributed by atoms with E-state index in [2.05, 4.69) is 17.6 Å². The lowest BCUT2D eigenvalue weighted by molar-refractivity contribution is -0.131. The maximum Gasteiger partial charge on any atom is 0.227 e. The van der Waals surface area contributed by atoms with Crippen molar-refractivity contribution in [3.05, 3.63) is 0 Å². The van der Waals surface area contributed by atoms with Gasteiger partial charge in [-0.25, -0.2) is 0 Å². The second-order valence-electron chi connectivity index (χ2n) is 4.72. The number of aliphatic hydroxyl groups is 1. The third-order valence-corrected chi connectivity index (χ3v) is 3.50. The maximum absolute atomic E-state index is 12.2. The highest BCUT2D eigenvalue weighted by Gasteiger charge is 2.40. The van der Waals surface area contributed by atoms with Gasteiger partial charge < -0.3 is 15.7 Å². The summed E-state index contributed by atoms with van der Waals surface area (Å²) >= 11 is 0. The molecular weight excluding hydrogens is 204 g/mol. The fourth-order valence-corrected chi connectivity index (χ4v) is 2.36. The van der Waals surface area contributed by atoms with Crippen LogP contribution in [-0.4, -0.2) is 36.8 Å². The van der Waals surface area contributed by atoms with Gasteiger partial charge in [-0.2, -0.15) is 0 Å². The summed E-state index contributed by atoms with van der Waals surface area (Å²) in [6.45, 7) is 5.80. The van der Waals surface area contributed by atoms with Gasteiger partial charge in [0.15, 0.2) is 0 Å². The summed E-state index contributed by atoms with van der Waals surface area (Å²) in [5.41, 5.74) is -0.239. The molecule has 0 aromatic heterocycles. The second-order valence-corrected chi connectivity index (χ2v) is 4.72. The monoisotopic (exact) mass is 228 g/mol. The highest BCUT2D eigenvalue weighted by molar-refractivity contribution is 5.83. The van der Waals surface area contributed by atoms with E-state index in [1.165, 1.54) is 0 Å². The van der Waals surface area contributed by atoms with Crippen LogP contribution in [0.3, 0.4) is 0 Å². The standard InChI is InChI=1S/C12H24N2O2/c1-3-5-12(6-7-13-9-12)11(16)14-10(4-2)8-15/h10,13,15H,3-9H2,1-2H3,(H,14,16)/t10-,12?/m1/s1. The molecule has 16 heavy (non-hydrogen) atoms. The number of rotatable bonds is 6. The minimum atomic E-state index is -0.239. The van der Waals surface area contributed by atoms with E-state index in [4.69, 9.17) is 5.11 Å². The molecule has 1 saturated heterocycles. The Kier molecular flexibility index (Phi) is 5.22. The van der Waals surface area contributed by atoms with Crippen LogP contribution >= 0.6 is 0 Å². The number of hydrogen-bond acceptors (Lipinski definition) is 3. The van der Waals surface area contributed by atoms with Crippen LogP contribution < -0.4 is 10.6 Å². The molecule has 0 bridgehead atoms. The molecule has 4 nitrogen and oxygen atoms in total. The third kappa shape index (κ3) is 2.95. The Morgan fingerprint density at radius 2 is 2.31 bits per heavy atom. The topological polar surface area (TPSA) is 61.4 Å². The summed E-state index contributed by atoms with van der Waals surface area (Å²) in [7, 11) is 0. The van der Waals surface area contributed by atoms with Gasteiger partial charge in [0.2, 0.25) is 5.91 Å². The van der Waals surface area contributed by atoms with Gasteiger partial charge >= 0.3 is 0 Å². The van der Waals surface area contributed by atoms with E-state index in [-0.39, 0.29) is 24.0 Å². The molecule has 0 aliphatic carbocycles. The van der Waals surface area contributed by atoms with Crippen molar-refractivity contribution in [2.75, 3.05) is 19.7 Å². The predicted octanol–water partition coefficient (Wildman–Crippen LogP) is 0.653. The van der Waals surface area contributed by atoms with Gasteiger partial charge in [-0.15, -0.1) is 0 Å². The molecule has 0 spiro atoms. The maximum atomic E-state index is 12.2. The summed E-state index contributed by atoms with van der Waals surface area (Å²) in [6, 6.07) is -0.0955. The summed E-state index contributed by atoms with van der Waals surface area (Å²) in [5.74, 6) is 0.111. The molecule has 1 heterocycles. The first kappa shape index (κ1) is 13.5. The lowest BCUT2D eigenvalue weighted by atomic mass is 9.81. The molecule has 2 atom stereocenters. The van der Waals surface area contributed by atoms with E-state index >= 15 is 0 Å². The van der Waals surface area contributed by atoms with E-state index in [0.717, 1.165) is 38.8 Å². The van der Waals surface area contributed by atoms with Gasteiger partial charge in [0, 0.05) is 6.54 Å². The van der Waals surface area contributed by atoms with Crippen LogP contribution in [0.4, 0.5) is 0 Å². The van der Waals surface area contributed by atoms with Crippen LogP contribution in [0.15, 0.2) is 0 Å². The molecular formula is C12H24N2O2. The van der Waals surface area contributed by atoms with Crippen LogP contribution in [0, 0.1) is 5.41 Å². The van der Waals surface area contributed by atoms with Crippen molar-refractivity contribution in [2.45, 2.75) is 45.6 Å². The summed E-state index contributed by atoms with van der Waals surface area (Å²) in [4.78, 5) is 12.2. The number of carbonyl (C=O) groups is 1. The van der Waals surface area contributed by atoms with Crippen molar-refractivity contribution in [3.8, 4) is 0 Å². The molecule has 0 aromatic carbocycles. The Morgan fingerprint density at radius 1 is 1.56 bits per heavy atom. The summed E-state index contributed by atoms with van der Waals surface area (Å²) in [6.07, 6.45) is 3.63. The van der Waals surface area contributed by atoms with E-state index < -0.39 is 0 Å². The molecule has 1 unspecified atom stereocenters. The van der Waals surface area contributed by atoms with Crippen molar-refractivity contribution < 1.29 is 9.90 Å². The Labute approximate surface area is 97.8 Å². The molecule has 0 radical (unpaired) electrons. The van der Waals surface area contributed by atoms with Crippen LogP contribution in [0.5, 0.6) is 0 Å². The molecule has 0 saturated carbocycles. The molecule has 0 aromatic rings. The normalized spacial score (nSPS) is 26.7.